The van der Waals surface area contributed by atoms with Gasteiger partial charge in [-0.2, -0.15) is 0 Å². The van der Waals surface area contributed by atoms with Crippen LogP contribution in [0, 0.1) is 0 Å². The van der Waals surface area contributed by atoms with Crippen LogP contribution in [-0.2, 0) is 14.3 Å². The second-order valence-electron chi connectivity index (χ2n) is 7.45. The highest BCUT2D eigenvalue weighted by Crippen LogP contribution is 2.21. The molecule has 4 rings (SSSR count). The van der Waals surface area contributed by atoms with Crippen LogP contribution in [0.3, 0.4) is 0 Å². The molecule has 8 nitrogen and oxygen atoms in total. The molecule has 2 aromatic rings. The lowest BCUT2D eigenvalue weighted by molar-refractivity contribution is -0.157. The molecule has 8 heteroatoms. The minimum atomic E-state index is -0.789. The minimum Gasteiger partial charge on any atom is -0.467 e. The molecule has 2 N–H and O–H groups in total. The molecule has 3 atom stereocenters. The van der Waals surface area contributed by atoms with E-state index in [9.17, 15) is 14.4 Å². The van der Waals surface area contributed by atoms with Crippen LogP contribution in [0.25, 0.3) is 10.8 Å². The summed E-state index contributed by atoms with van der Waals surface area (Å²) in [5.41, 5.74) is 0.272. The largest absolute Gasteiger partial charge is 0.467 e. The van der Waals surface area contributed by atoms with Gasteiger partial charge < -0.3 is 20.3 Å². The Hall–Kier alpha value is -3.26. The summed E-state index contributed by atoms with van der Waals surface area (Å²) in [7, 11) is 1.31. The molecular weight excluding hydrogens is 384 g/mol. The quantitative estimate of drug-likeness (QED) is 0.581. The van der Waals surface area contributed by atoms with Gasteiger partial charge in [-0.3, -0.25) is 14.6 Å². The van der Waals surface area contributed by atoms with Crippen LogP contribution >= 0.6 is 0 Å². The number of carbonyl (C=O) groups is 3. The number of fused-ring (bicyclic) bond motifs is 2. The van der Waals surface area contributed by atoms with Gasteiger partial charge in [0.05, 0.1) is 7.11 Å². The predicted molar refractivity (Wildman–Crippen MR) is 111 cm³/mol. The monoisotopic (exact) mass is 408 g/mol. The summed E-state index contributed by atoms with van der Waals surface area (Å²) in [6.07, 6.45) is 6.45. The average Bonchev–Trinajstić information content (AvgIpc) is 2.78. The first-order valence-corrected chi connectivity index (χ1v) is 10.0. The summed E-state index contributed by atoms with van der Waals surface area (Å²) in [5.74, 6) is -1.17. The molecule has 156 valence electrons. The van der Waals surface area contributed by atoms with Crippen molar-refractivity contribution >= 4 is 28.6 Å². The van der Waals surface area contributed by atoms with Gasteiger partial charge >= 0.3 is 5.97 Å². The number of nitrogens with one attached hydrogen (secondary N) is 2. The minimum absolute atomic E-state index is 0.179. The Morgan fingerprint density at radius 3 is 2.80 bits per heavy atom. The lowest BCUT2D eigenvalue weighted by Gasteiger charge is -2.43. The van der Waals surface area contributed by atoms with Crippen molar-refractivity contribution in [2.45, 2.75) is 31.0 Å². The van der Waals surface area contributed by atoms with Gasteiger partial charge in [-0.1, -0.05) is 36.4 Å². The van der Waals surface area contributed by atoms with Gasteiger partial charge in [0.25, 0.3) is 5.91 Å². The summed E-state index contributed by atoms with van der Waals surface area (Å²) < 4.78 is 4.90. The van der Waals surface area contributed by atoms with Crippen LogP contribution < -0.4 is 10.6 Å². The highest BCUT2D eigenvalue weighted by molar-refractivity contribution is 6.06. The van der Waals surface area contributed by atoms with Gasteiger partial charge in [0.2, 0.25) is 5.91 Å². The Morgan fingerprint density at radius 1 is 1.17 bits per heavy atom. The van der Waals surface area contributed by atoms with E-state index < -0.39 is 24.0 Å². The summed E-state index contributed by atoms with van der Waals surface area (Å²) >= 11 is 0. The number of nitrogens with zero attached hydrogens (tertiary/aromatic N) is 2. The molecule has 2 aliphatic heterocycles. The summed E-state index contributed by atoms with van der Waals surface area (Å²) in [4.78, 5) is 44.6. The second kappa shape index (κ2) is 8.62. The molecule has 2 amide bonds. The fourth-order valence-corrected chi connectivity index (χ4v) is 4.12. The van der Waals surface area contributed by atoms with E-state index in [4.69, 9.17) is 4.74 Å². The lowest BCUT2D eigenvalue weighted by atomic mass is 9.98. The first-order chi connectivity index (χ1) is 14.6. The molecule has 1 aromatic carbocycles. The van der Waals surface area contributed by atoms with E-state index in [2.05, 4.69) is 15.6 Å². The van der Waals surface area contributed by atoms with Gasteiger partial charge in [0, 0.05) is 30.7 Å². The maximum absolute atomic E-state index is 13.4. The van der Waals surface area contributed by atoms with E-state index in [0.717, 1.165) is 10.8 Å². The fraction of sp³-hybridized carbons (Fsp3) is 0.364. The van der Waals surface area contributed by atoms with Gasteiger partial charge in [-0.15, -0.1) is 0 Å². The number of amides is 2. The Bertz CT molecular complexity index is 1000. The number of esters is 1. The molecule has 3 heterocycles. The normalized spacial score (nSPS) is 25.0. The van der Waals surface area contributed by atoms with Crippen LogP contribution in [0.5, 0.6) is 0 Å². The number of ether oxygens (including phenoxy) is 1. The lowest BCUT2D eigenvalue weighted by Crippen LogP contribution is -2.65. The van der Waals surface area contributed by atoms with Crippen LogP contribution in [0.2, 0.25) is 0 Å². The summed E-state index contributed by atoms with van der Waals surface area (Å²) in [6, 6.07) is 7.62. The second-order valence-corrected chi connectivity index (χ2v) is 7.45. The van der Waals surface area contributed by atoms with E-state index in [0.29, 0.717) is 25.9 Å². The van der Waals surface area contributed by atoms with Gasteiger partial charge in [-0.05, 0) is 24.3 Å². The first kappa shape index (κ1) is 20.0. The van der Waals surface area contributed by atoms with Crippen molar-refractivity contribution in [3.63, 3.8) is 0 Å². The maximum Gasteiger partial charge on any atom is 0.329 e. The van der Waals surface area contributed by atoms with Crippen molar-refractivity contribution < 1.29 is 19.1 Å². The first-order valence-electron chi connectivity index (χ1n) is 10.0. The molecule has 0 saturated carbocycles. The summed E-state index contributed by atoms with van der Waals surface area (Å²) in [6.45, 7) is 0.902. The predicted octanol–water partition coefficient (Wildman–Crippen LogP) is 1.03. The number of aromatic nitrogens is 1. The third kappa shape index (κ3) is 3.78. The van der Waals surface area contributed by atoms with Crippen LogP contribution in [-0.4, -0.2) is 66.0 Å². The van der Waals surface area contributed by atoms with Crippen molar-refractivity contribution in [2.75, 3.05) is 20.2 Å². The Kier molecular flexibility index (Phi) is 5.76. The molecule has 2 aliphatic rings. The number of piperazine rings is 1. The number of rotatable bonds is 3. The maximum atomic E-state index is 13.4. The Morgan fingerprint density at radius 2 is 1.97 bits per heavy atom. The number of hydrogen-bond acceptors (Lipinski definition) is 6. The molecule has 0 radical (unpaired) electrons. The number of pyridine rings is 1. The van der Waals surface area contributed by atoms with Crippen LogP contribution in [0.4, 0.5) is 0 Å². The molecule has 1 fully saturated rings. The molecule has 0 spiro atoms. The third-order valence-corrected chi connectivity index (χ3v) is 5.61. The number of carbonyl (C=O) groups excluding carboxylic acids is 3. The molecule has 30 heavy (non-hydrogen) atoms. The van der Waals surface area contributed by atoms with Crippen molar-refractivity contribution in [2.24, 2.45) is 0 Å². The zero-order chi connectivity index (χ0) is 21.1. The summed E-state index contributed by atoms with van der Waals surface area (Å²) in [5, 5.41) is 7.65. The zero-order valence-electron chi connectivity index (χ0n) is 16.7. The van der Waals surface area contributed by atoms with Crippen LogP contribution in [0.15, 0.2) is 48.7 Å². The molecule has 1 saturated heterocycles. The third-order valence-electron chi connectivity index (χ3n) is 5.61. The smallest absolute Gasteiger partial charge is 0.329 e. The molecule has 0 aliphatic carbocycles. The van der Waals surface area contributed by atoms with Crippen molar-refractivity contribution in [1.82, 2.24) is 20.5 Å². The van der Waals surface area contributed by atoms with E-state index >= 15 is 0 Å². The Balaban J connectivity index is 1.62. The number of benzene rings is 1. The fourth-order valence-electron chi connectivity index (χ4n) is 4.12. The molecule has 0 bridgehead atoms. The SMILES string of the molecule is COC(=O)C1CNCC2C/C=C\CC(NC(=O)c3nccc4ccccc34)C(=O)N21. The number of hydrogen-bond donors (Lipinski definition) is 2. The van der Waals surface area contributed by atoms with Crippen LogP contribution in [0.1, 0.15) is 23.3 Å². The highest BCUT2D eigenvalue weighted by Gasteiger charge is 2.41. The molecule has 1 aromatic heterocycles. The van der Waals surface area contributed by atoms with E-state index in [1.54, 1.807) is 11.1 Å². The average molecular weight is 408 g/mol. The van der Waals surface area contributed by atoms with E-state index in [-0.39, 0.29) is 17.6 Å². The van der Waals surface area contributed by atoms with E-state index in [1.807, 2.05) is 42.5 Å². The van der Waals surface area contributed by atoms with Gasteiger partial charge in [0.1, 0.15) is 17.8 Å². The topological polar surface area (TPSA) is 101 Å². The molecular formula is C22H24N4O4. The van der Waals surface area contributed by atoms with Crippen molar-refractivity contribution in [1.29, 1.82) is 0 Å². The highest BCUT2D eigenvalue weighted by atomic mass is 16.5. The van der Waals surface area contributed by atoms with Crippen molar-refractivity contribution in [3.8, 4) is 0 Å². The molecule has 3 unspecified atom stereocenters. The Labute approximate surface area is 174 Å². The van der Waals surface area contributed by atoms with Gasteiger partial charge in [-0.25, -0.2) is 4.79 Å². The van der Waals surface area contributed by atoms with E-state index in [1.165, 1.54) is 7.11 Å². The van der Waals surface area contributed by atoms with Gasteiger partial charge in [0.15, 0.2) is 0 Å². The van der Waals surface area contributed by atoms with Crippen molar-refractivity contribution in [3.05, 3.63) is 54.4 Å². The zero-order valence-corrected chi connectivity index (χ0v) is 16.7. The number of methoxy groups -OCH3 is 1. The standard InChI is InChI=1S/C22H24N4O4/c1-30-22(29)18-13-23-12-15-7-3-5-9-17(21(28)26(15)18)25-20(27)19-16-8-4-2-6-14(16)10-11-24-19/h2-6,8,10-11,15,17-18,23H,7,9,12-13H2,1H3,(H,25,27)/b5-3-.